The normalized spacial score (nSPS) is 12.0. The lowest BCUT2D eigenvalue weighted by Crippen LogP contribution is -1.91. The van der Waals surface area contributed by atoms with Gasteiger partial charge in [0.05, 0.1) is 0 Å². The van der Waals surface area contributed by atoms with Crippen LogP contribution in [0.2, 0.25) is 0 Å². The second-order valence-electron chi connectivity index (χ2n) is 12.0. The van der Waals surface area contributed by atoms with Crippen molar-refractivity contribution in [1.82, 2.24) is 0 Å². The Morgan fingerprint density at radius 2 is 0.889 bits per heavy atom. The molecule has 10 aromatic rings. The minimum Gasteiger partial charge on any atom is -0.456 e. The molecule has 9 aromatic carbocycles. The molecule has 0 radical (unpaired) electrons. The molecule has 1 aromatic heterocycles. The van der Waals surface area contributed by atoms with Gasteiger partial charge in [-0.3, -0.25) is 0 Å². The molecule has 0 aliphatic heterocycles. The zero-order valence-electron chi connectivity index (χ0n) is 24.4. The fourth-order valence-electron chi connectivity index (χ4n) is 7.62. The molecule has 0 fully saturated rings. The molecular formula is C44H26O. The van der Waals surface area contributed by atoms with E-state index >= 15 is 0 Å². The second-order valence-corrected chi connectivity index (χ2v) is 12.0. The molecule has 0 N–H and O–H groups in total. The quantitative estimate of drug-likeness (QED) is 0.149. The second kappa shape index (κ2) is 9.29. The third-order valence-corrected chi connectivity index (χ3v) is 9.60. The van der Waals surface area contributed by atoms with E-state index in [2.05, 4.69) is 158 Å². The summed E-state index contributed by atoms with van der Waals surface area (Å²) < 4.78 is 6.51. The lowest BCUT2D eigenvalue weighted by molar-refractivity contribution is 0.669. The van der Waals surface area contributed by atoms with Gasteiger partial charge < -0.3 is 4.42 Å². The topological polar surface area (TPSA) is 13.1 Å². The molecule has 0 unspecified atom stereocenters. The maximum Gasteiger partial charge on any atom is 0.136 e. The highest BCUT2D eigenvalue weighted by atomic mass is 16.3. The molecule has 45 heavy (non-hydrogen) atoms. The van der Waals surface area contributed by atoms with E-state index < -0.39 is 0 Å². The van der Waals surface area contributed by atoms with Gasteiger partial charge >= 0.3 is 0 Å². The van der Waals surface area contributed by atoms with Gasteiger partial charge in [-0.05, 0) is 100 Å². The van der Waals surface area contributed by atoms with E-state index in [-0.39, 0.29) is 0 Å². The molecule has 1 heterocycles. The summed E-state index contributed by atoms with van der Waals surface area (Å²) in [6.45, 7) is 0. The molecule has 0 bridgehead atoms. The zero-order valence-corrected chi connectivity index (χ0v) is 24.4. The monoisotopic (exact) mass is 570 g/mol. The number of benzene rings is 9. The van der Waals surface area contributed by atoms with Gasteiger partial charge in [0.2, 0.25) is 0 Å². The molecule has 10 rings (SSSR count). The molecule has 0 saturated carbocycles. The summed E-state index contributed by atoms with van der Waals surface area (Å²) in [5.41, 5.74) is 6.79. The van der Waals surface area contributed by atoms with Crippen molar-refractivity contribution in [3.05, 3.63) is 158 Å². The zero-order chi connectivity index (χ0) is 29.5. The van der Waals surface area contributed by atoms with E-state index in [4.69, 9.17) is 4.42 Å². The van der Waals surface area contributed by atoms with Crippen LogP contribution in [-0.4, -0.2) is 0 Å². The van der Waals surface area contributed by atoms with Crippen molar-refractivity contribution < 1.29 is 4.42 Å². The van der Waals surface area contributed by atoms with Crippen LogP contribution in [0.5, 0.6) is 0 Å². The fourth-order valence-corrected chi connectivity index (χ4v) is 7.62. The van der Waals surface area contributed by atoms with Gasteiger partial charge in [-0.1, -0.05) is 133 Å². The maximum atomic E-state index is 6.51. The summed E-state index contributed by atoms with van der Waals surface area (Å²) in [5.74, 6) is 0. The predicted octanol–water partition coefficient (Wildman–Crippen LogP) is 12.7. The number of rotatable bonds is 2. The Balaban J connectivity index is 1.31. The molecule has 0 amide bonds. The van der Waals surface area contributed by atoms with Crippen LogP contribution in [0.4, 0.5) is 0 Å². The van der Waals surface area contributed by atoms with Gasteiger partial charge in [-0.2, -0.15) is 0 Å². The van der Waals surface area contributed by atoms with E-state index in [0.717, 1.165) is 16.6 Å². The van der Waals surface area contributed by atoms with Crippen molar-refractivity contribution in [2.75, 3.05) is 0 Å². The van der Waals surface area contributed by atoms with Gasteiger partial charge in [-0.15, -0.1) is 0 Å². The molecule has 1 heteroatoms. The largest absolute Gasteiger partial charge is 0.456 e. The smallest absolute Gasteiger partial charge is 0.136 e. The highest BCUT2D eigenvalue weighted by Gasteiger charge is 2.20. The van der Waals surface area contributed by atoms with Crippen molar-refractivity contribution in [3.8, 4) is 22.3 Å². The van der Waals surface area contributed by atoms with E-state index in [1.165, 1.54) is 81.5 Å². The molecule has 0 atom stereocenters. The number of hydrogen-bond donors (Lipinski definition) is 0. The average Bonchev–Trinajstić information content (AvgIpc) is 3.47. The molecular weight excluding hydrogens is 544 g/mol. The number of furan rings is 1. The third-order valence-electron chi connectivity index (χ3n) is 9.60. The predicted molar refractivity (Wildman–Crippen MR) is 192 cm³/mol. The lowest BCUT2D eigenvalue weighted by atomic mass is 9.84. The Labute approximate surface area is 259 Å². The van der Waals surface area contributed by atoms with Gasteiger partial charge in [-0.25, -0.2) is 0 Å². The van der Waals surface area contributed by atoms with Gasteiger partial charge in [0, 0.05) is 10.8 Å². The first-order valence-corrected chi connectivity index (χ1v) is 15.5. The highest BCUT2D eigenvalue weighted by molar-refractivity contribution is 6.26. The van der Waals surface area contributed by atoms with Crippen LogP contribution in [0.25, 0.3) is 98.1 Å². The lowest BCUT2D eigenvalue weighted by Gasteiger charge is -2.18. The summed E-state index contributed by atoms with van der Waals surface area (Å²) in [6, 6.07) is 57.4. The van der Waals surface area contributed by atoms with E-state index in [1.54, 1.807) is 0 Å². The first-order chi connectivity index (χ1) is 22.3. The maximum absolute atomic E-state index is 6.51. The Kier molecular flexibility index (Phi) is 5.06. The summed E-state index contributed by atoms with van der Waals surface area (Å²) in [5, 5.41) is 14.8. The van der Waals surface area contributed by atoms with Crippen molar-refractivity contribution in [2.45, 2.75) is 0 Å². The Morgan fingerprint density at radius 1 is 0.311 bits per heavy atom. The van der Waals surface area contributed by atoms with Crippen molar-refractivity contribution in [3.63, 3.8) is 0 Å². The van der Waals surface area contributed by atoms with Crippen LogP contribution < -0.4 is 0 Å². The number of hydrogen-bond acceptors (Lipinski definition) is 1. The Morgan fingerprint density at radius 3 is 1.62 bits per heavy atom. The summed E-state index contributed by atoms with van der Waals surface area (Å²) in [7, 11) is 0. The van der Waals surface area contributed by atoms with Crippen LogP contribution >= 0.6 is 0 Å². The minimum absolute atomic E-state index is 0.914. The molecule has 0 aliphatic carbocycles. The first kappa shape index (κ1) is 24.5. The SMILES string of the molecule is c1ccc2cc3c(cc2c1)oc1cccc(-c2c4ccccc4c(-c4ccc5c(ccc6ccccc65)c4)c4ccccc24)c13. The van der Waals surface area contributed by atoms with E-state index in [9.17, 15) is 0 Å². The molecule has 1 nitrogen and oxygen atoms in total. The van der Waals surface area contributed by atoms with Gasteiger partial charge in [0.1, 0.15) is 11.2 Å². The highest BCUT2D eigenvalue weighted by Crippen LogP contribution is 2.47. The van der Waals surface area contributed by atoms with Crippen LogP contribution in [-0.2, 0) is 0 Å². The Bertz CT molecular complexity index is 2760. The molecule has 208 valence electrons. The fraction of sp³-hybridized carbons (Fsp3) is 0. The molecule has 0 aliphatic rings. The van der Waals surface area contributed by atoms with Crippen LogP contribution in [0.15, 0.2) is 162 Å². The first-order valence-electron chi connectivity index (χ1n) is 15.5. The standard InChI is InChI=1S/C44H26O/c1-2-12-29-26-41-39(25-28(29)11-1)44-38(18-9-19-40(44)45-41)43-36-16-7-5-14-34(36)42(35-15-6-8-17-37(35)43)31-22-23-33-30(24-31)21-20-27-10-3-4-13-32(27)33/h1-26H. The van der Waals surface area contributed by atoms with Crippen LogP contribution in [0.3, 0.4) is 0 Å². The van der Waals surface area contributed by atoms with Crippen LogP contribution in [0, 0.1) is 0 Å². The summed E-state index contributed by atoms with van der Waals surface area (Å²) >= 11 is 0. The van der Waals surface area contributed by atoms with Gasteiger partial charge in [0.15, 0.2) is 0 Å². The van der Waals surface area contributed by atoms with E-state index in [1.807, 2.05) is 0 Å². The van der Waals surface area contributed by atoms with Crippen molar-refractivity contribution in [1.29, 1.82) is 0 Å². The molecule has 0 spiro atoms. The summed E-state index contributed by atoms with van der Waals surface area (Å²) in [6.07, 6.45) is 0. The van der Waals surface area contributed by atoms with Crippen molar-refractivity contribution >= 4 is 75.8 Å². The third kappa shape index (κ3) is 3.56. The Hall–Kier alpha value is -5.92. The molecule has 0 saturated heterocycles. The summed E-state index contributed by atoms with van der Waals surface area (Å²) in [4.78, 5) is 0. The van der Waals surface area contributed by atoms with Gasteiger partial charge in [0.25, 0.3) is 0 Å². The van der Waals surface area contributed by atoms with Crippen LogP contribution in [0.1, 0.15) is 0 Å². The van der Waals surface area contributed by atoms with E-state index in [0.29, 0.717) is 0 Å². The van der Waals surface area contributed by atoms with Crippen molar-refractivity contribution in [2.24, 2.45) is 0 Å². The average molecular weight is 571 g/mol. The minimum atomic E-state index is 0.914. The number of fused-ring (bicyclic) bond motifs is 9.